The van der Waals surface area contributed by atoms with Crippen LogP contribution in [-0.4, -0.2) is 10.1 Å². The zero-order chi connectivity index (χ0) is 23.8. The third-order valence-corrected chi connectivity index (χ3v) is 6.13. The van der Waals surface area contributed by atoms with E-state index in [1.807, 2.05) is 6.20 Å². The molecule has 0 bridgehead atoms. The van der Waals surface area contributed by atoms with E-state index in [2.05, 4.69) is 4.98 Å². The minimum atomic E-state index is -5.11. The first-order chi connectivity index (χ1) is 15.6. The van der Waals surface area contributed by atoms with E-state index in [9.17, 15) is 31.4 Å². The van der Waals surface area contributed by atoms with Crippen molar-refractivity contribution in [3.05, 3.63) is 58.8 Å². The fourth-order valence-corrected chi connectivity index (χ4v) is 4.52. The summed E-state index contributed by atoms with van der Waals surface area (Å²) in [4.78, 5) is 3.11. The molecule has 0 saturated heterocycles. The van der Waals surface area contributed by atoms with Crippen LogP contribution in [0, 0.1) is 5.92 Å². The molecule has 1 heterocycles. The molecule has 0 amide bonds. The molecule has 1 aromatic heterocycles. The highest BCUT2D eigenvalue weighted by molar-refractivity contribution is 5.84. The lowest BCUT2D eigenvalue weighted by molar-refractivity contribution is -0.145. The summed E-state index contributed by atoms with van der Waals surface area (Å²) in [7, 11) is 0. The van der Waals surface area contributed by atoms with E-state index in [0.29, 0.717) is 23.4 Å². The van der Waals surface area contributed by atoms with Gasteiger partial charge in [-0.15, -0.1) is 0 Å². The second kappa shape index (κ2) is 8.93. The van der Waals surface area contributed by atoms with Crippen molar-refractivity contribution in [2.75, 3.05) is 0 Å². The van der Waals surface area contributed by atoms with Gasteiger partial charge >= 0.3 is 12.4 Å². The fraction of sp³-hybridized carbons (Fsp3) is 0.417. The number of fused-ring (bicyclic) bond motifs is 1. The fourth-order valence-electron chi connectivity index (χ4n) is 4.52. The molecule has 0 unspecified atom stereocenters. The molecule has 0 radical (unpaired) electrons. The molecule has 1 aliphatic carbocycles. The van der Waals surface area contributed by atoms with Crippen LogP contribution in [0.1, 0.15) is 54.4 Å². The number of halogens is 6. The van der Waals surface area contributed by atoms with Crippen molar-refractivity contribution in [3.63, 3.8) is 0 Å². The van der Waals surface area contributed by atoms with Gasteiger partial charge in [0.1, 0.15) is 5.75 Å². The predicted octanol–water partition coefficient (Wildman–Crippen LogP) is 7.61. The summed E-state index contributed by atoms with van der Waals surface area (Å²) >= 11 is 0. The van der Waals surface area contributed by atoms with Gasteiger partial charge in [-0.2, -0.15) is 26.3 Å². The van der Waals surface area contributed by atoms with Crippen LogP contribution in [0.4, 0.5) is 26.3 Å². The van der Waals surface area contributed by atoms with Gasteiger partial charge in [0, 0.05) is 17.1 Å². The van der Waals surface area contributed by atoms with Crippen molar-refractivity contribution in [3.8, 4) is 11.5 Å². The summed E-state index contributed by atoms with van der Waals surface area (Å²) in [6.07, 6.45) is -1.86. The Kier molecular flexibility index (Phi) is 6.35. The van der Waals surface area contributed by atoms with Gasteiger partial charge in [-0.25, -0.2) is 0 Å². The SMILES string of the molecule is OCc1cc(C(F)(F)F)c(Oc2ccc3[nH]cc(CC4CCCCC4)c3c2)c(C(F)(F)F)c1. The standard InChI is InChI=1S/C24H23F6NO2/c25-23(26,27)19-9-15(13-32)10-20(24(28,29)30)22(19)33-17-6-7-21-18(11-17)16(12-31-21)8-14-4-2-1-3-5-14/h6-7,9-12,14,31-32H,1-5,8,13H2. The van der Waals surface area contributed by atoms with Crippen LogP contribution in [0.5, 0.6) is 11.5 Å². The monoisotopic (exact) mass is 471 g/mol. The second-order valence-corrected chi connectivity index (χ2v) is 8.51. The molecular weight excluding hydrogens is 448 g/mol. The minimum absolute atomic E-state index is 0.125. The number of hydrogen-bond acceptors (Lipinski definition) is 2. The number of alkyl halides is 6. The molecule has 33 heavy (non-hydrogen) atoms. The van der Waals surface area contributed by atoms with E-state index < -0.39 is 41.4 Å². The second-order valence-electron chi connectivity index (χ2n) is 8.51. The molecule has 0 spiro atoms. The summed E-state index contributed by atoms with van der Waals surface area (Å²) in [6.45, 7) is -0.966. The van der Waals surface area contributed by atoms with Gasteiger partial charge in [-0.3, -0.25) is 0 Å². The maximum atomic E-state index is 13.6. The lowest BCUT2D eigenvalue weighted by atomic mass is 9.85. The largest absolute Gasteiger partial charge is 0.456 e. The molecule has 1 fully saturated rings. The van der Waals surface area contributed by atoms with Gasteiger partial charge < -0.3 is 14.8 Å². The molecule has 3 aromatic rings. The highest BCUT2D eigenvalue weighted by atomic mass is 19.4. The molecule has 2 N–H and O–H groups in total. The van der Waals surface area contributed by atoms with Crippen LogP contribution >= 0.6 is 0 Å². The third kappa shape index (κ3) is 5.13. The highest BCUT2D eigenvalue weighted by Crippen LogP contribution is 2.47. The average Bonchev–Trinajstić information content (AvgIpc) is 3.15. The summed E-state index contributed by atoms with van der Waals surface area (Å²) in [5, 5.41) is 9.89. The average molecular weight is 471 g/mol. The van der Waals surface area contributed by atoms with Crippen molar-refractivity contribution < 1.29 is 36.2 Å². The zero-order valence-electron chi connectivity index (χ0n) is 17.6. The smallest absolute Gasteiger partial charge is 0.420 e. The van der Waals surface area contributed by atoms with E-state index in [1.54, 1.807) is 6.07 Å². The number of aromatic amines is 1. The summed E-state index contributed by atoms with van der Waals surface area (Å²) in [5.74, 6) is -0.947. The molecule has 9 heteroatoms. The summed E-state index contributed by atoms with van der Waals surface area (Å²) in [6, 6.07) is 5.35. The highest BCUT2D eigenvalue weighted by Gasteiger charge is 2.43. The zero-order valence-corrected chi connectivity index (χ0v) is 17.6. The van der Waals surface area contributed by atoms with E-state index in [4.69, 9.17) is 4.74 Å². The van der Waals surface area contributed by atoms with E-state index in [0.717, 1.165) is 43.2 Å². The first kappa shape index (κ1) is 23.5. The number of rotatable bonds is 5. The molecule has 0 aliphatic heterocycles. The molecule has 178 valence electrons. The van der Waals surface area contributed by atoms with E-state index in [-0.39, 0.29) is 5.75 Å². The van der Waals surface area contributed by atoms with Crippen LogP contribution in [-0.2, 0) is 25.4 Å². The maximum Gasteiger partial charge on any atom is 0.420 e. The normalized spacial score (nSPS) is 15.8. The minimum Gasteiger partial charge on any atom is -0.456 e. The molecule has 0 atom stereocenters. The van der Waals surface area contributed by atoms with Gasteiger partial charge in [0.25, 0.3) is 0 Å². The lowest BCUT2D eigenvalue weighted by Gasteiger charge is -2.21. The lowest BCUT2D eigenvalue weighted by Crippen LogP contribution is -2.15. The number of aliphatic hydroxyl groups excluding tert-OH is 1. The molecule has 4 rings (SSSR count). The third-order valence-electron chi connectivity index (χ3n) is 6.13. The van der Waals surface area contributed by atoms with Crippen LogP contribution < -0.4 is 4.74 Å². The Morgan fingerprint density at radius 1 is 0.909 bits per heavy atom. The number of aromatic nitrogens is 1. The number of hydrogen-bond donors (Lipinski definition) is 2. The van der Waals surface area contributed by atoms with Gasteiger partial charge in [-0.1, -0.05) is 32.1 Å². The Balaban J connectivity index is 1.75. The summed E-state index contributed by atoms with van der Waals surface area (Å²) < 4.78 is 87.1. The van der Waals surface area contributed by atoms with Crippen molar-refractivity contribution in [1.82, 2.24) is 4.98 Å². The van der Waals surface area contributed by atoms with Crippen molar-refractivity contribution >= 4 is 10.9 Å². The van der Waals surface area contributed by atoms with Crippen molar-refractivity contribution in [1.29, 1.82) is 0 Å². The van der Waals surface area contributed by atoms with Gasteiger partial charge in [0.05, 0.1) is 17.7 Å². The number of aliphatic hydroxyl groups is 1. The Hall–Kier alpha value is -2.68. The Labute approximate surface area is 186 Å². The van der Waals surface area contributed by atoms with E-state index >= 15 is 0 Å². The quantitative estimate of drug-likeness (QED) is 0.376. The molecule has 1 saturated carbocycles. The Bertz CT molecular complexity index is 1090. The Morgan fingerprint density at radius 3 is 2.12 bits per heavy atom. The first-order valence-electron chi connectivity index (χ1n) is 10.8. The number of benzene rings is 2. The van der Waals surface area contributed by atoms with E-state index in [1.165, 1.54) is 18.6 Å². The van der Waals surface area contributed by atoms with Crippen LogP contribution in [0.15, 0.2) is 36.5 Å². The van der Waals surface area contributed by atoms with Crippen LogP contribution in [0.2, 0.25) is 0 Å². The number of H-pyrrole nitrogens is 1. The molecule has 2 aromatic carbocycles. The number of nitrogens with one attached hydrogen (secondary N) is 1. The van der Waals surface area contributed by atoms with Gasteiger partial charge in [0.15, 0.2) is 5.75 Å². The topological polar surface area (TPSA) is 45.2 Å². The van der Waals surface area contributed by atoms with Gasteiger partial charge in [-0.05, 0) is 53.8 Å². The molecular formula is C24H23F6NO2. The molecule has 3 nitrogen and oxygen atoms in total. The molecule has 1 aliphatic rings. The number of ether oxygens (including phenoxy) is 1. The predicted molar refractivity (Wildman–Crippen MR) is 111 cm³/mol. The van der Waals surface area contributed by atoms with Crippen LogP contribution in [0.3, 0.4) is 0 Å². The first-order valence-corrected chi connectivity index (χ1v) is 10.8. The van der Waals surface area contributed by atoms with Crippen LogP contribution in [0.25, 0.3) is 10.9 Å². The Morgan fingerprint density at radius 2 is 1.55 bits per heavy atom. The van der Waals surface area contributed by atoms with Crippen molar-refractivity contribution in [2.45, 2.75) is 57.5 Å². The van der Waals surface area contributed by atoms with Gasteiger partial charge in [0.2, 0.25) is 0 Å². The van der Waals surface area contributed by atoms with Crippen molar-refractivity contribution in [2.24, 2.45) is 5.92 Å². The maximum absolute atomic E-state index is 13.6. The summed E-state index contributed by atoms with van der Waals surface area (Å²) in [5.41, 5.74) is -1.98.